The van der Waals surface area contributed by atoms with Gasteiger partial charge in [0.25, 0.3) is 5.56 Å². The first-order valence-corrected chi connectivity index (χ1v) is 8.53. The van der Waals surface area contributed by atoms with Gasteiger partial charge in [0, 0.05) is 30.3 Å². The lowest BCUT2D eigenvalue weighted by Crippen LogP contribution is -2.38. The molecule has 0 bridgehead atoms. The molecule has 2 aromatic rings. The van der Waals surface area contributed by atoms with E-state index in [2.05, 4.69) is 9.97 Å². The molecule has 0 spiro atoms. The Kier molecular flexibility index (Phi) is 5.03. The molecule has 2 aromatic heterocycles. The average molecular weight is 345 g/mol. The molecule has 7 nitrogen and oxygen atoms in total. The molecule has 0 aromatic carbocycles. The van der Waals surface area contributed by atoms with E-state index in [1.54, 1.807) is 30.9 Å². The molecule has 2 atom stereocenters. The Morgan fingerprint density at radius 1 is 1.52 bits per heavy atom. The summed E-state index contributed by atoms with van der Waals surface area (Å²) in [6.45, 7) is 4.10. The first kappa shape index (κ1) is 17.4. The molecule has 7 heteroatoms. The number of aliphatic hydroxyl groups excluding tert-OH is 1. The van der Waals surface area contributed by atoms with Gasteiger partial charge in [0.1, 0.15) is 17.7 Å². The van der Waals surface area contributed by atoms with Crippen LogP contribution in [0.2, 0.25) is 0 Å². The van der Waals surface area contributed by atoms with Crippen molar-refractivity contribution in [1.82, 2.24) is 14.9 Å². The van der Waals surface area contributed by atoms with Crippen LogP contribution in [0.5, 0.6) is 0 Å². The first-order valence-electron chi connectivity index (χ1n) is 8.53. The van der Waals surface area contributed by atoms with E-state index in [0.29, 0.717) is 35.8 Å². The highest BCUT2D eigenvalue weighted by atomic mass is 16.4. The monoisotopic (exact) mass is 345 g/mol. The minimum absolute atomic E-state index is 0.0296. The second kappa shape index (κ2) is 7.23. The second-order valence-electron chi connectivity index (χ2n) is 6.54. The summed E-state index contributed by atoms with van der Waals surface area (Å²) in [6.07, 6.45) is 2.98. The third-order valence-corrected chi connectivity index (χ3v) is 4.73. The van der Waals surface area contributed by atoms with Crippen molar-refractivity contribution in [2.75, 3.05) is 6.54 Å². The fourth-order valence-electron chi connectivity index (χ4n) is 3.48. The summed E-state index contributed by atoms with van der Waals surface area (Å²) < 4.78 is 5.23. The highest BCUT2D eigenvalue weighted by Crippen LogP contribution is 2.28. The quantitative estimate of drug-likeness (QED) is 0.858. The summed E-state index contributed by atoms with van der Waals surface area (Å²) >= 11 is 0. The fraction of sp³-hybridized carbons (Fsp3) is 0.500. The number of aliphatic hydroxyl groups is 1. The Bertz CT molecular complexity index is 797. The van der Waals surface area contributed by atoms with Crippen LogP contribution in [0.3, 0.4) is 0 Å². The van der Waals surface area contributed by atoms with Crippen LogP contribution in [0.25, 0.3) is 0 Å². The van der Waals surface area contributed by atoms with Gasteiger partial charge in [-0.1, -0.05) is 0 Å². The number of amides is 1. The molecule has 1 amide bonds. The van der Waals surface area contributed by atoms with E-state index in [0.717, 1.165) is 12.8 Å². The van der Waals surface area contributed by atoms with E-state index in [1.807, 2.05) is 0 Å². The molecule has 1 fully saturated rings. The van der Waals surface area contributed by atoms with Crippen LogP contribution in [0.15, 0.2) is 27.6 Å². The first-order chi connectivity index (χ1) is 12.0. The molecule has 2 unspecified atom stereocenters. The normalized spacial score (nSPS) is 18.5. The van der Waals surface area contributed by atoms with Gasteiger partial charge in [0.2, 0.25) is 5.91 Å². The Balaban J connectivity index is 1.70. The Morgan fingerprint density at radius 2 is 2.32 bits per heavy atom. The summed E-state index contributed by atoms with van der Waals surface area (Å²) in [5.41, 5.74) is 0.735. The van der Waals surface area contributed by atoms with Gasteiger partial charge in [-0.2, -0.15) is 0 Å². The average Bonchev–Trinajstić information content (AvgIpc) is 3.21. The number of nitrogens with one attached hydrogen (secondary N) is 1. The van der Waals surface area contributed by atoms with E-state index < -0.39 is 6.10 Å². The zero-order valence-corrected chi connectivity index (χ0v) is 14.5. The SMILES string of the molecule is Cc1nc(C)c(CC(=O)N2CCCC2CC(O)c2ccco2)c(=O)[nH]1. The maximum atomic E-state index is 12.7. The fourth-order valence-corrected chi connectivity index (χ4v) is 3.48. The van der Waals surface area contributed by atoms with Gasteiger partial charge < -0.3 is 19.4 Å². The number of nitrogens with zero attached hydrogens (tertiary/aromatic N) is 2. The molecular formula is C18H23N3O4. The van der Waals surface area contributed by atoms with Crippen LogP contribution in [0, 0.1) is 13.8 Å². The number of H-pyrrole nitrogens is 1. The standard InChI is InChI=1S/C18H23N3O4/c1-11-14(18(24)20-12(2)19-11)10-17(23)21-7-3-5-13(21)9-15(22)16-6-4-8-25-16/h4,6,8,13,15,22H,3,5,7,9-10H2,1-2H3,(H,19,20,24). The van der Waals surface area contributed by atoms with Crippen molar-refractivity contribution in [1.29, 1.82) is 0 Å². The molecule has 1 aliphatic heterocycles. The number of aromatic nitrogens is 2. The minimum atomic E-state index is -0.736. The minimum Gasteiger partial charge on any atom is -0.467 e. The summed E-state index contributed by atoms with van der Waals surface area (Å²) in [4.78, 5) is 33.5. The van der Waals surface area contributed by atoms with Gasteiger partial charge in [-0.15, -0.1) is 0 Å². The van der Waals surface area contributed by atoms with Crippen LogP contribution < -0.4 is 5.56 Å². The van der Waals surface area contributed by atoms with E-state index in [4.69, 9.17) is 4.42 Å². The van der Waals surface area contributed by atoms with Gasteiger partial charge in [-0.25, -0.2) is 4.98 Å². The molecule has 2 N–H and O–H groups in total. The van der Waals surface area contributed by atoms with Crippen LogP contribution in [-0.4, -0.2) is 38.5 Å². The molecule has 25 heavy (non-hydrogen) atoms. The largest absolute Gasteiger partial charge is 0.467 e. The van der Waals surface area contributed by atoms with E-state index in [9.17, 15) is 14.7 Å². The lowest BCUT2D eigenvalue weighted by molar-refractivity contribution is -0.131. The van der Waals surface area contributed by atoms with Crippen molar-refractivity contribution < 1.29 is 14.3 Å². The van der Waals surface area contributed by atoms with Gasteiger partial charge in [-0.05, 0) is 38.8 Å². The molecule has 0 aliphatic carbocycles. The van der Waals surface area contributed by atoms with Gasteiger partial charge >= 0.3 is 0 Å². The Labute approximate surface area is 145 Å². The van der Waals surface area contributed by atoms with E-state index >= 15 is 0 Å². The number of carbonyl (C=O) groups is 1. The summed E-state index contributed by atoms with van der Waals surface area (Å²) in [5, 5.41) is 10.3. The van der Waals surface area contributed by atoms with Crippen molar-refractivity contribution in [2.24, 2.45) is 0 Å². The van der Waals surface area contributed by atoms with Crippen LogP contribution in [-0.2, 0) is 11.2 Å². The predicted octanol–water partition coefficient (Wildman–Crippen LogP) is 1.64. The number of furan rings is 1. The molecular weight excluding hydrogens is 322 g/mol. The maximum absolute atomic E-state index is 12.7. The number of aromatic amines is 1. The van der Waals surface area contributed by atoms with Crippen LogP contribution >= 0.6 is 0 Å². The lowest BCUT2D eigenvalue weighted by atomic mass is 10.0. The molecule has 0 radical (unpaired) electrons. The number of hydrogen-bond acceptors (Lipinski definition) is 5. The molecule has 0 saturated carbocycles. The van der Waals surface area contributed by atoms with E-state index in [1.165, 1.54) is 6.26 Å². The number of rotatable bonds is 5. The van der Waals surface area contributed by atoms with Crippen molar-refractivity contribution in [3.05, 3.63) is 51.6 Å². The van der Waals surface area contributed by atoms with Gasteiger partial charge in [0.05, 0.1) is 12.7 Å². The summed E-state index contributed by atoms with van der Waals surface area (Å²) in [6, 6.07) is 3.41. The maximum Gasteiger partial charge on any atom is 0.254 e. The second-order valence-corrected chi connectivity index (χ2v) is 6.54. The molecule has 3 rings (SSSR count). The predicted molar refractivity (Wildman–Crippen MR) is 91.1 cm³/mol. The molecule has 134 valence electrons. The summed E-state index contributed by atoms with van der Waals surface area (Å²) in [7, 11) is 0. The third-order valence-electron chi connectivity index (χ3n) is 4.73. The lowest BCUT2D eigenvalue weighted by Gasteiger charge is -2.26. The molecule has 3 heterocycles. The zero-order valence-electron chi connectivity index (χ0n) is 14.5. The smallest absolute Gasteiger partial charge is 0.254 e. The van der Waals surface area contributed by atoms with E-state index in [-0.39, 0.29) is 23.9 Å². The van der Waals surface area contributed by atoms with Crippen molar-refractivity contribution in [3.63, 3.8) is 0 Å². The highest BCUT2D eigenvalue weighted by molar-refractivity contribution is 5.79. The number of aryl methyl sites for hydroxylation is 2. The van der Waals surface area contributed by atoms with Crippen LogP contribution in [0.1, 0.15) is 48.2 Å². The van der Waals surface area contributed by atoms with Crippen molar-refractivity contribution in [3.8, 4) is 0 Å². The van der Waals surface area contributed by atoms with Gasteiger partial charge in [-0.3, -0.25) is 9.59 Å². The highest BCUT2D eigenvalue weighted by Gasteiger charge is 2.31. The number of likely N-dealkylation sites (tertiary alicyclic amines) is 1. The van der Waals surface area contributed by atoms with Crippen molar-refractivity contribution in [2.45, 2.75) is 51.7 Å². The Morgan fingerprint density at radius 3 is 3.00 bits per heavy atom. The molecule has 1 saturated heterocycles. The number of carbonyl (C=O) groups excluding carboxylic acids is 1. The van der Waals surface area contributed by atoms with Crippen LogP contribution in [0.4, 0.5) is 0 Å². The Hall–Kier alpha value is -2.41. The van der Waals surface area contributed by atoms with Gasteiger partial charge in [0.15, 0.2) is 0 Å². The number of hydrogen-bond donors (Lipinski definition) is 2. The third kappa shape index (κ3) is 3.82. The molecule has 1 aliphatic rings. The summed E-state index contributed by atoms with van der Waals surface area (Å²) in [5.74, 6) is 0.946. The zero-order chi connectivity index (χ0) is 18.0. The van der Waals surface area contributed by atoms with Crippen molar-refractivity contribution >= 4 is 5.91 Å². The topological polar surface area (TPSA) is 99.4 Å².